The Balaban J connectivity index is 1.32. The Morgan fingerprint density at radius 2 is 2.14 bits per heavy atom. The standard InChI is InChI=1S/C26H25N7O4/c1-3-23(34)33-13-5-6-17(15-33)26-30-24(32-37-26)16-9-10-20(22(14-16)36-2)29-25(35)21-8-4-7-18(28-21)19-11-12-27-31-19/h3-4,7-12,14,17H,1,5-6,13,15H2,2H3,(H,27,31)(H,29,35)/t17-/m0/s1. The third-order valence-corrected chi connectivity index (χ3v) is 6.17. The number of anilines is 1. The SMILES string of the molecule is C=CC(=O)N1CCC[C@H](c2nc(-c3ccc(NC(=O)c4cccc(-c5ccn[nH]5)n4)c(OC)c3)no2)C1. The van der Waals surface area contributed by atoms with Crippen molar-refractivity contribution in [2.75, 3.05) is 25.5 Å². The van der Waals surface area contributed by atoms with E-state index in [9.17, 15) is 9.59 Å². The molecule has 1 aromatic carbocycles. The number of ether oxygens (including phenoxy) is 1. The summed E-state index contributed by atoms with van der Waals surface area (Å²) in [7, 11) is 1.51. The highest BCUT2D eigenvalue weighted by atomic mass is 16.5. The second-order valence-corrected chi connectivity index (χ2v) is 8.53. The lowest BCUT2D eigenvalue weighted by Crippen LogP contribution is -2.38. The molecule has 2 amide bonds. The van der Waals surface area contributed by atoms with Crippen molar-refractivity contribution in [2.24, 2.45) is 0 Å². The molecule has 0 bridgehead atoms. The van der Waals surface area contributed by atoms with E-state index in [0.29, 0.717) is 53.2 Å². The smallest absolute Gasteiger partial charge is 0.274 e. The first-order valence-electron chi connectivity index (χ1n) is 11.8. The molecule has 1 fully saturated rings. The summed E-state index contributed by atoms with van der Waals surface area (Å²) in [5.41, 5.74) is 2.70. The summed E-state index contributed by atoms with van der Waals surface area (Å²) >= 11 is 0. The fraction of sp³-hybridized carbons (Fsp3) is 0.231. The fourth-order valence-corrected chi connectivity index (χ4v) is 4.26. The second-order valence-electron chi connectivity index (χ2n) is 8.53. The highest BCUT2D eigenvalue weighted by Gasteiger charge is 2.28. The molecule has 11 heteroatoms. The Morgan fingerprint density at radius 1 is 1.24 bits per heavy atom. The minimum atomic E-state index is -0.384. The molecule has 3 aromatic heterocycles. The summed E-state index contributed by atoms with van der Waals surface area (Å²) < 4.78 is 11.1. The number of aromatic amines is 1. The van der Waals surface area contributed by atoms with Crippen LogP contribution in [0.25, 0.3) is 22.8 Å². The number of likely N-dealkylation sites (tertiary alicyclic amines) is 1. The number of H-pyrrole nitrogens is 1. The van der Waals surface area contributed by atoms with Crippen LogP contribution < -0.4 is 10.1 Å². The first-order valence-corrected chi connectivity index (χ1v) is 11.8. The number of rotatable bonds is 7. The van der Waals surface area contributed by atoms with Crippen LogP contribution >= 0.6 is 0 Å². The summed E-state index contributed by atoms with van der Waals surface area (Å²) in [6.45, 7) is 4.76. The lowest BCUT2D eigenvalue weighted by atomic mass is 9.98. The molecule has 4 heterocycles. The topological polar surface area (TPSA) is 139 Å². The van der Waals surface area contributed by atoms with Gasteiger partial charge < -0.3 is 19.5 Å². The van der Waals surface area contributed by atoms with Gasteiger partial charge in [0, 0.05) is 24.8 Å². The summed E-state index contributed by atoms with van der Waals surface area (Å²) in [5.74, 6) is 0.787. The van der Waals surface area contributed by atoms with E-state index >= 15 is 0 Å². The zero-order valence-corrected chi connectivity index (χ0v) is 20.2. The number of nitrogens with zero attached hydrogens (tertiary/aromatic N) is 5. The number of methoxy groups -OCH3 is 1. The Morgan fingerprint density at radius 3 is 2.92 bits per heavy atom. The molecule has 37 heavy (non-hydrogen) atoms. The largest absolute Gasteiger partial charge is 0.495 e. The van der Waals surface area contributed by atoms with Crippen molar-refractivity contribution in [3.8, 4) is 28.5 Å². The van der Waals surface area contributed by atoms with Gasteiger partial charge in [0.05, 0.1) is 30.1 Å². The van der Waals surface area contributed by atoms with E-state index in [2.05, 4.69) is 37.2 Å². The molecule has 2 N–H and O–H groups in total. The van der Waals surface area contributed by atoms with E-state index in [1.54, 1.807) is 53.6 Å². The molecule has 11 nitrogen and oxygen atoms in total. The van der Waals surface area contributed by atoms with E-state index in [1.807, 2.05) is 0 Å². The minimum Gasteiger partial charge on any atom is -0.495 e. The van der Waals surface area contributed by atoms with Crippen molar-refractivity contribution in [2.45, 2.75) is 18.8 Å². The van der Waals surface area contributed by atoms with Gasteiger partial charge in [-0.15, -0.1) is 0 Å². The molecule has 0 radical (unpaired) electrons. The van der Waals surface area contributed by atoms with Crippen LogP contribution in [0, 0.1) is 0 Å². The van der Waals surface area contributed by atoms with E-state index in [1.165, 1.54) is 13.2 Å². The Bertz CT molecular complexity index is 1430. The molecule has 1 aliphatic rings. The molecule has 0 spiro atoms. The summed E-state index contributed by atoms with van der Waals surface area (Å²) in [4.78, 5) is 35.6. The zero-order chi connectivity index (χ0) is 25.8. The quantitative estimate of drug-likeness (QED) is 0.367. The first-order chi connectivity index (χ1) is 18.1. The fourth-order valence-electron chi connectivity index (χ4n) is 4.26. The first kappa shape index (κ1) is 23.9. The van der Waals surface area contributed by atoms with Crippen molar-refractivity contribution < 1.29 is 18.8 Å². The Hall–Kier alpha value is -4.80. The van der Waals surface area contributed by atoms with Gasteiger partial charge in [0.15, 0.2) is 0 Å². The van der Waals surface area contributed by atoms with Crippen molar-refractivity contribution in [1.29, 1.82) is 0 Å². The lowest BCUT2D eigenvalue weighted by Gasteiger charge is -2.30. The van der Waals surface area contributed by atoms with E-state index in [0.717, 1.165) is 12.8 Å². The lowest BCUT2D eigenvalue weighted by molar-refractivity contribution is -0.127. The van der Waals surface area contributed by atoms with Crippen molar-refractivity contribution in [3.05, 3.63) is 72.9 Å². The maximum Gasteiger partial charge on any atom is 0.274 e. The Kier molecular flexibility index (Phi) is 6.75. The monoisotopic (exact) mass is 499 g/mol. The third-order valence-electron chi connectivity index (χ3n) is 6.17. The van der Waals surface area contributed by atoms with Crippen LogP contribution in [-0.2, 0) is 4.79 Å². The van der Waals surface area contributed by atoms with Gasteiger partial charge in [-0.25, -0.2) is 4.98 Å². The minimum absolute atomic E-state index is 0.0376. The second kappa shape index (κ2) is 10.4. The van der Waals surface area contributed by atoms with Gasteiger partial charge in [-0.05, 0) is 55.3 Å². The average molecular weight is 500 g/mol. The highest BCUT2D eigenvalue weighted by molar-refractivity contribution is 6.04. The van der Waals surface area contributed by atoms with Crippen molar-refractivity contribution in [3.63, 3.8) is 0 Å². The van der Waals surface area contributed by atoms with E-state index in [-0.39, 0.29) is 23.4 Å². The number of amides is 2. The van der Waals surface area contributed by atoms with Crippen LogP contribution in [-0.4, -0.2) is 62.2 Å². The molecule has 4 aromatic rings. The van der Waals surface area contributed by atoms with Crippen molar-refractivity contribution >= 4 is 17.5 Å². The number of nitrogens with one attached hydrogen (secondary N) is 2. The molecule has 0 unspecified atom stereocenters. The van der Waals surface area contributed by atoms with Crippen LogP contribution in [0.5, 0.6) is 5.75 Å². The average Bonchev–Trinajstić information content (AvgIpc) is 3.66. The van der Waals surface area contributed by atoms with Crippen LogP contribution in [0.2, 0.25) is 0 Å². The number of aromatic nitrogens is 5. The number of carbonyl (C=O) groups is 2. The molecule has 0 aliphatic carbocycles. The zero-order valence-electron chi connectivity index (χ0n) is 20.2. The normalized spacial score (nSPS) is 15.3. The molecule has 5 rings (SSSR count). The van der Waals surface area contributed by atoms with E-state index < -0.39 is 0 Å². The van der Waals surface area contributed by atoms with Crippen LogP contribution in [0.4, 0.5) is 5.69 Å². The van der Waals surface area contributed by atoms with Crippen LogP contribution in [0.15, 0.2) is 65.8 Å². The van der Waals surface area contributed by atoms with Gasteiger partial charge in [0.1, 0.15) is 11.4 Å². The van der Waals surface area contributed by atoms with Crippen LogP contribution in [0.1, 0.15) is 35.1 Å². The van der Waals surface area contributed by atoms with Gasteiger partial charge in [-0.1, -0.05) is 17.8 Å². The molecule has 0 saturated carbocycles. The summed E-state index contributed by atoms with van der Waals surface area (Å²) in [6.07, 6.45) is 4.65. The molecule has 1 aliphatic heterocycles. The molecular weight excluding hydrogens is 474 g/mol. The third kappa shape index (κ3) is 5.10. The molecule has 1 saturated heterocycles. The summed E-state index contributed by atoms with van der Waals surface area (Å²) in [6, 6.07) is 12.2. The summed E-state index contributed by atoms with van der Waals surface area (Å²) in [5, 5.41) is 13.7. The molecular formula is C26H25N7O4. The number of pyridine rings is 1. The number of hydrogen-bond donors (Lipinski definition) is 2. The van der Waals surface area contributed by atoms with Crippen LogP contribution in [0.3, 0.4) is 0 Å². The van der Waals surface area contributed by atoms with Gasteiger partial charge >= 0.3 is 0 Å². The predicted octanol–water partition coefficient (Wildman–Crippen LogP) is 3.67. The van der Waals surface area contributed by atoms with Gasteiger partial charge in [-0.2, -0.15) is 10.1 Å². The van der Waals surface area contributed by atoms with Gasteiger partial charge in [0.25, 0.3) is 5.91 Å². The van der Waals surface area contributed by atoms with E-state index in [4.69, 9.17) is 9.26 Å². The van der Waals surface area contributed by atoms with Gasteiger partial charge in [0.2, 0.25) is 17.6 Å². The number of benzene rings is 1. The number of carbonyl (C=O) groups excluding carboxylic acids is 2. The molecule has 1 atom stereocenters. The molecule has 188 valence electrons. The predicted molar refractivity (Wildman–Crippen MR) is 135 cm³/mol. The van der Waals surface area contributed by atoms with Crippen molar-refractivity contribution in [1.82, 2.24) is 30.2 Å². The van der Waals surface area contributed by atoms with Gasteiger partial charge in [-0.3, -0.25) is 14.7 Å². The maximum atomic E-state index is 12.9. The Labute approximate surface area is 212 Å². The number of piperidine rings is 1. The maximum absolute atomic E-state index is 12.9. The number of hydrogen-bond acceptors (Lipinski definition) is 8. The highest BCUT2D eigenvalue weighted by Crippen LogP contribution is 2.32.